The molecule has 1 aliphatic rings. The smallest absolute Gasteiger partial charge is 0.349 e. The second-order valence-corrected chi connectivity index (χ2v) is 7.07. The van der Waals surface area contributed by atoms with Crippen LogP contribution in [0.2, 0.25) is 0 Å². The van der Waals surface area contributed by atoms with Gasteiger partial charge < -0.3 is 15.1 Å². The van der Waals surface area contributed by atoms with Crippen molar-refractivity contribution in [3.05, 3.63) is 24.3 Å². The molecule has 1 aliphatic heterocycles. The summed E-state index contributed by atoms with van der Waals surface area (Å²) in [6.07, 6.45) is 1.09. The van der Waals surface area contributed by atoms with Gasteiger partial charge in [0.25, 0.3) is 0 Å². The van der Waals surface area contributed by atoms with Gasteiger partial charge in [-0.15, -0.1) is 0 Å². The van der Waals surface area contributed by atoms with Crippen LogP contribution in [0.1, 0.15) is 12.8 Å². The maximum atomic E-state index is 12.6. The average molecular weight is 375 g/mol. The summed E-state index contributed by atoms with van der Waals surface area (Å²) in [6.45, 7) is 0.787. The zero-order valence-corrected chi connectivity index (χ0v) is 14.8. The van der Waals surface area contributed by atoms with Crippen LogP contribution < -0.4 is 5.32 Å². The minimum absolute atomic E-state index is 0.0342. The van der Waals surface area contributed by atoms with Gasteiger partial charge in [-0.3, -0.25) is 4.79 Å². The van der Waals surface area contributed by atoms with Gasteiger partial charge in [-0.25, -0.2) is 4.79 Å². The Bertz CT molecular complexity index is 629. The fourth-order valence-corrected chi connectivity index (χ4v) is 3.30. The highest BCUT2D eigenvalue weighted by atomic mass is 32.2. The number of nitrogens with one attached hydrogen (secondary N) is 1. The summed E-state index contributed by atoms with van der Waals surface area (Å²) >= 11 is -0.260. The third-order valence-corrected chi connectivity index (χ3v) is 4.73. The van der Waals surface area contributed by atoms with Crippen molar-refractivity contribution in [1.29, 1.82) is 0 Å². The van der Waals surface area contributed by atoms with Crippen LogP contribution in [0, 0.1) is 5.92 Å². The Kier molecular flexibility index (Phi) is 6.21. The average Bonchev–Trinajstić information content (AvgIpc) is 2.54. The van der Waals surface area contributed by atoms with Crippen LogP contribution >= 0.6 is 11.8 Å². The molecule has 1 aromatic rings. The van der Waals surface area contributed by atoms with Gasteiger partial charge >= 0.3 is 11.5 Å². The predicted octanol–water partition coefficient (Wildman–Crippen LogP) is 3.63. The van der Waals surface area contributed by atoms with Crippen molar-refractivity contribution in [2.24, 2.45) is 5.92 Å². The highest BCUT2D eigenvalue weighted by Crippen LogP contribution is 2.40. The molecule has 1 N–H and O–H groups in total. The number of nitrogens with zero attached hydrogens (tertiary/aromatic N) is 2. The molecule has 0 radical (unpaired) electrons. The number of urea groups is 1. The zero-order chi connectivity index (χ0) is 18.6. The number of carbonyl (C=O) groups is 2. The first-order valence-corrected chi connectivity index (χ1v) is 8.61. The van der Waals surface area contributed by atoms with Crippen molar-refractivity contribution in [2.45, 2.75) is 23.2 Å². The predicted molar refractivity (Wildman–Crippen MR) is 90.4 cm³/mol. The second kappa shape index (κ2) is 7.99. The van der Waals surface area contributed by atoms with E-state index in [1.54, 1.807) is 20.2 Å². The quantitative estimate of drug-likeness (QED) is 0.821. The summed E-state index contributed by atoms with van der Waals surface area (Å²) in [6, 6.07) is 5.36. The number of thioether (sulfide) groups is 1. The van der Waals surface area contributed by atoms with Crippen molar-refractivity contribution in [3.63, 3.8) is 0 Å². The first kappa shape index (κ1) is 19.4. The zero-order valence-electron chi connectivity index (χ0n) is 14.0. The lowest BCUT2D eigenvalue weighted by atomic mass is 9.96. The van der Waals surface area contributed by atoms with Crippen LogP contribution in [0.15, 0.2) is 29.2 Å². The summed E-state index contributed by atoms with van der Waals surface area (Å²) in [7, 11) is 3.38. The lowest BCUT2D eigenvalue weighted by molar-refractivity contribution is -0.134. The summed E-state index contributed by atoms with van der Waals surface area (Å²) in [5, 5.41) is 2.54. The van der Waals surface area contributed by atoms with Crippen LogP contribution in [0.5, 0.6) is 0 Å². The second-order valence-electron chi connectivity index (χ2n) is 5.97. The van der Waals surface area contributed by atoms with Gasteiger partial charge in [-0.2, -0.15) is 13.2 Å². The molecule has 3 amide bonds. The van der Waals surface area contributed by atoms with Gasteiger partial charge in [-0.1, -0.05) is 12.1 Å². The third-order valence-electron chi connectivity index (χ3n) is 3.93. The number of alkyl halides is 3. The highest BCUT2D eigenvalue weighted by molar-refractivity contribution is 8.00. The number of hydrogen-bond donors (Lipinski definition) is 1. The van der Waals surface area contributed by atoms with Crippen LogP contribution in [0.4, 0.5) is 23.7 Å². The van der Waals surface area contributed by atoms with Crippen LogP contribution in [0.25, 0.3) is 0 Å². The molecular weight excluding hydrogens is 355 g/mol. The Hall–Kier alpha value is -1.90. The molecule has 0 aliphatic carbocycles. The Morgan fingerprint density at radius 1 is 1.20 bits per heavy atom. The fraction of sp³-hybridized carbons (Fsp3) is 0.500. The number of piperidine rings is 1. The summed E-state index contributed by atoms with van der Waals surface area (Å²) in [4.78, 5) is 27.3. The number of amides is 3. The maximum Gasteiger partial charge on any atom is 0.446 e. The molecule has 0 aromatic heterocycles. The number of hydrogen-bond acceptors (Lipinski definition) is 3. The third kappa shape index (κ3) is 5.55. The number of halogens is 3. The lowest BCUT2D eigenvalue weighted by Gasteiger charge is -2.32. The normalized spacial score (nSPS) is 15.8. The van der Waals surface area contributed by atoms with E-state index < -0.39 is 11.5 Å². The first-order chi connectivity index (χ1) is 11.7. The molecule has 1 heterocycles. The van der Waals surface area contributed by atoms with E-state index in [0.717, 1.165) is 0 Å². The molecule has 1 aromatic carbocycles. The monoisotopic (exact) mass is 375 g/mol. The first-order valence-electron chi connectivity index (χ1n) is 7.79. The van der Waals surface area contributed by atoms with Crippen LogP contribution in [0.3, 0.4) is 0 Å². The van der Waals surface area contributed by atoms with E-state index in [1.165, 1.54) is 28.0 Å². The molecule has 0 bridgehead atoms. The van der Waals surface area contributed by atoms with Gasteiger partial charge in [0.05, 0.1) is 5.69 Å². The molecule has 0 saturated carbocycles. The Morgan fingerprint density at radius 3 is 2.36 bits per heavy atom. The molecule has 138 valence electrons. The number of benzene rings is 1. The number of anilines is 1. The molecule has 5 nitrogen and oxygen atoms in total. The minimum atomic E-state index is -4.42. The van der Waals surface area contributed by atoms with Gasteiger partial charge in [-0.05, 0) is 36.7 Å². The maximum absolute atomic E-state index is 12.6. The van der Waals surface area contributed by atoms with Crippen LogP contribution in [-0.4, -0.2) is 54.4 Å². The van der Waals surface area contributed by atoms with E-state index in [-0.39, 0.29) is 34.2 Å². The number of para-hydroxylation sites is 1. The van der Waals surface area contributed by atoms with Crippen molar-refractivity contribution in [2.75, 3.05) is 32.5 Å². The molecule has 25 heavy (non-hydrogen) atoms. The molecule has 0 atom stereocenters. The summed E-state index contributed by atoms with van der Waals surface area (Å²) < 4.78 is 37.8. The standard InChI is InChI=1S/C16H20F3N3O2S/c1-21(2)14(23)11-7-9-22(10-8-11)15(24)20-12-5-3-4-6-13(12)25-16(17,18)19/h3-6,11H,7-10H2,1-2H3,(H,20,24). The van der Waals surface area contributed by atoms with Gasteiger partial charge in [0, 0.05) is 38.0 Å². The molecule has 9 heteroatoms. The van der Waals surface area contributed by atoms with E-state index in [1.807, 2.05) is 0 Å². The van der Waals surface area contributed by atoms with E-state index in [2.05, 4.69) is 5.32 Å². The van der Waals surface area contributed by atoms with E-state index in [9.17, 15) is 22.8 Å². The number of carbonyl (C=O) groups excluding carboxylic acids is 2. The molecule has 2 rings (SSSR count). The molecular formula is C16H20F3N3O2S. The van der Waals surface area contributed by atoms with E-state index in [4.69, 9.17) is 0 Å². The van der Waals surface area contributed by atoms with Gasteiger partial charge in [0.2, 0.25) is 5.91 Å². The largest absolute Gasteiger partial charge is 0.446 e. The molecule has 1 saturated heterocycles. The SMILES string of the molecule is CN(C)C(=O)C1CCN(C(=O)Nc2ccccc2SC(F)(F)F)CC1. The van der Waals surface area contributed by atoms with Crippen molar-refractivity contribution < 1.29 is 22.8 Å². The Morgan fingerprint density at radius 2 is 1.80 bits per heavy atom. The van der Waals surface area contributed by atoms with Gasteiger partial charge in [0.1, 0.15) is 0 Å². The van der Waals surface area contributed by atoms with Crippen molar-refractivity contribution in [1.82, 2.24) is 9.80 Å². The van der Waals surface area contributed by atoms with Crippen molar-refractivity contribution >= 4 is 29.4 Å². The molecule has 0 spiro atoms. The fourth-order valence-electron chi connectivity index (χ4n) is 2.67. The van der Waals surface area contributed by atoms with Gasteiger partial charge in [0.15, 0.2) is 0 Å². The highest BCUT2D eigenvalue weighted by Gasteiger charge is 2.31. The lowest BCUT2D eigenvalue weighted by Crippen LogP contribution is -2.44. The minimum Gasteiger partial charge on any atom is -0.349 e. The summed E-state index contributed by atoms with van der Waals surface area (Å²) in [5.74, 6) is -0.0842. The molecule has 1 fully saturated rings. The van der Waals surface area contributed by atoms with E-state index >= 15 is 0 Å². The Labute approximate surface area is 148 Å². The van der Waals surface area contributed by atoms with E-state index in [0.29, 0.717) is 25.9 Å². The Balaban J connectivity index is 1.97. The topological polar surface area (TPSA) is 52.7 Å². The number of rotatable bonds is 3. The number of likely N-dealkylation sites (tertiary alicyclic amines) is 1. The van der Waals surface area contributed by atoms with Crippen molar-refractivity contribution in [3.8, 4) is 0 Å². The summed E-state index contributed by atoms with van der Waals surface area (Å²) in [5.41, 5.74) is -4.30. The molecule has 0 unspecified atom stereocenters. The van der Waals surface area contributed by atoms with Crippen LogP contribution in [-0.2, 0) is 4.79 Å².